The molecule has 0 unspecified atom stereocenters. The summed E-state index contributed by atoms with van der Waals surface area (Å²) in [6, 6.07) is 0. The largest absolute Gasteiger partial charge is 0.339 e. The van der Waals surface area contributed by atoms with E-state index in [1.54, 1.807) is 16.7 Å². The second-order valence-corrected chi connectivity index (χ2v) is 8.44. The van der Waals surface area contributed by atoms with Crippen LogP contribution in [0.25, 0.3) is 0 Å². The summed E-state index contributed by atoms with van der Waals surface area (Å²) in [4.78, 5) is 27.4. The van der Waals surface area contributed by atoms with Gasteiger partial charge in [-0.3, -0.25) is 9.59 Å². The molecule has 0 spiro atoms. The van der Waals surface area contributed by atoms with Gasteiger partial charge in [0.05, 0.1) is 0 Å². The van der Waals surface area contributed by atoms with Gasteiger partial charge in [0.15, 0.2) is 0 Å². The van der Waals surface area contributed by atoms with E-state index in [-0.39, 0.29) is 17.7 Å². The van der Waals surface area contributed by atoms with Crippen molar-refractivity contribution >= 4 is 22.0 Å². The van der Waals surface area contributed by atoms with E-state index in [4.69, 9.17) is 0 Å². The van der Waals surface area contributed by atoms with Crippen LogP contribution in [0.4, 0.5) is 0 Å². The van der Waals surface area contributed by atoms with E-state index in [9.17, 15) is 18.0 Å². The van der Waals surface area contributed by atoms with E-state index in [1.165, 1.54) is 22.7 Å². The number of hydrogen-bond acceptors (Lipinski definition) is 4. The average molecular weight is 346 g/mol. The zero-order valence-corrected chi connectivity index (χ0v) is 14.9. The van der Waals surface area contributed by atoms with Crippen molar-refractivity contribution in [1.82, 2.24) is 18.4 Å². The number of piperazine rings is 1. The molecule has 0 N–H and O–H groups in total. The molecule has 132 valence electrons. The number of carbonyl (C=O) groups excluding carboxylic acids is 2. The number of carbonyl (C=O) groups is 2. The maximum Gasteiger partial charge on any atom is 0.281 e. The number of hydrogen-bond donors (Lipinski definition) is 0. The molecule has 2 saturated heterocycles. The van der Waals surface area contributed by atoms with Gasteiger partial charge >= 0.3 is 0 Å². The fourth-order valence-electron chi connectivity index (χ4n) is 3.06. The van der Waals surface area contributed by atoms with Crippen molar-refractivity contribution in [2.45, 2.75) is 19.8 Å². The third-order valence-corrected chi connectivity index (χ3v) is 6.57. The Balaban J connectivity index is 1.86. The third kappa shape index (κ3) is 4.02. The van der Waals surface area contributed by atoms with Crippen molar-refractivity contribution in [2.24, 2.45) is 5.92 Å². The molecule has 0 aromatic heterocycles. The lowest BCUT2D eigenvalue weighted by molar-refractivity contribution is -0.142. The molecule has 2 aliphatic heterocycles. The highest BCUT2D eigenvalue weighted by Gasteiger charge is 2.34. The second kappa shape index (κ2) is 7.14. The van der Waals surface area contributed by atoms with Crippen LogP contribution in [0.1, 0.15) is 19.8 Å². The second-order valence-electron chi connectivity index (χ2n) is 6.29. The summed E-state index contributed by atoms with van der Waals surface area (Å²) in [5.41, 5.74) is 0. The van der Waals surface area contributed by atoms with E-state index < -0.39 is 10.2 Å². The summed E-state index contributed by atoms with van der Waals surface area (Å²) in [6.07, 6.45) is 1.11. The molecule has 2 amide bonds. The van der Waals surface area contributed by atoms with Crippen LogP contribution in [0.15, 0.2) is 0 Å². The van der Waals surface area contributed by atoms with Crippen LogP contribution in [0, 0.1) is 5.92 Å². The van der Waals surface area contributed by atoms with E-state index in [2.05, 4.69) is 0 Å². The lowest BCUT2D eigenvalue weighted by Gasteiger charge is -2.38. The van der Waals surface area contributed by atoms with Gasteiger partial charge in [-0.25, -0.2) is 0 Å². The van der Waals surface area contributed by atoms with Gasteiger partial charge in [0.2, 0.25) is 11.8 Å². The van der Waals surface area contributed by atoms with Gasteiger partial charge in [0.1, 0.15) is 0 Å². The first-order chi connectivity index (χ1) is 10.7. The summed E-state index contributed by atoms with van der Waals surface area (Å²) in [5.74, 6) is 0.0156. The molecule has 2 rings (SSSR count). The number of nitrogens with zero attached hydrogens (tertiary/aromatic N) is 4. The van der Waals surface area contributed by atoms with E-state index in [0.29, 0.717) is 52.1 Å². The molecule has 0 bridgehead atoms. The fraction of sp³-hybridized carbons (Fsp3) is 0.857. The zero-order chi connectivity index (χ0) is 17.2. The van der Waals surface area contributed by atoms with Crippen LogP contribution in [-0.4, -0.2) is 92.0 Å². The molecular weight excluding hydrogens is 320 g/mol. The predicted molar refractivity (Wildman–Crippen MR) is 85.7 cm³/mol. The molecule has 2 heterocycles. The van der Waals surface area contributed by atoms with Crippen molar-refractivity contribution in [3.05, 3.63) is 0 Å². The molecule has 23 heavy (non-hydrogen) atoms. The molecule has 9 heteroatoms. The topological polar surface area (TPSA) is 81.2 Å². The molecule has 0 radical (unpaired) electrons. The minimum Gasteiger partial charge on any atom is -0.339 e. The van der Waals surface area contributed by atoms with Crippen molar-refractivity contribution < 1.29 is 18.0 Å². The summed E-state index contributed by atoms with van der Waals surface area (Å²) < 4.78 is 26.8. The molecule has 2 aliphatic rings. The Morgan fingerprint density at radius 2 is 1.39 bits per heavy atom. The van der Waals surface area contributed by atoms with Crippen LogP contribution in [-0.2, 0) is 19.8 Å². The summed E-state index contributed by atoms with van der Waals surface area (Å²) in [5, 5.41) is 0. The van der Waals surface area contributed by atoms with Gasteiger partial charge in [-0.1, -0.05) is 0 Å². The highest BCUT2D eigenvalue weighted by atomic mass is 32.2. The maximum absolute atomic E-state index is 12.6. The van der Waals surface area contributed by atoms with E-state index in [1.807, 2.05) is 0 Å². The number of piperidine rings is 1. The average Bonchev–Trinajstić information content (AvgIpc) is 2.54. The molecule has 2 fully saturated rings. The van der Waals surface area contributed by atoms with Crippen LogP contribution < -0.4 is 0 Å². The molecule has 0 aromatic rings. The first-order valence-corrected chi connectivity index (χ1v) is 9.35. The lowest BCUT2D eigenvalue weighted by Crippen LogP contribution is -2.53. The highest BCUT2D eigenvalue weighted by molar-refractivity contribution is 7.86. The first kappa shape index (κ1) is 18.2. The summed E-state index contributed by atoms with van der Waals surface area (Å²) in [6.45, 7) is 4.58. The van der Waals surface area contributed by atoms with Gasteiger partial charge in [0.25, 0.3) is 10.2 Å². The molecular formula is C14H26N4O4S. The van der Waals surface area contributed by atoms with Crippen LogP contribution >= 0.6 is 0 Å². The maximum atomic E-state index is 12.6. The molecule has 0 aromatic carbocycles. The van der Waals surface area contributed by atoms with Gasteiger partial charge in [-0.15, -0.1) is 0 Å². The van der Waals surface area contributed by atoms with Crippen molar-refractivity contribution in [2.75, 3.05) is 53.4 Å². The van der Waals surface area contributed by atoms with Crippen molar-refractivity contribution in [1.29, 1.82) is 0 Å². The van der Waals surface area contributed by atoms with Crippen LogP contribution in [0.5, 0.6) is 0 Å². The monoisotopic (exact) mass is 346 g/mol. The Hall–Kier alpha value is -1.19. The van der Waals surface area contributed by atoms with Crippen molar-refractivity contribution in [3.8, 4) is 0 Å². The number of amides is 2. The molecule has 8 nitrogen and oxygen atoms in total. The van der Waals surface area contributed by atoms with Gasteiger partial charge in [-0.05, 0) is 12.8 Å². The number of rotatable bonds is 3. The Kier molecular flexibility index (Phi) is 5.64. The Morgan fingerprint density at radius 3 is 1.83 bits per heavy atom. The first-order valence-electron chi connectivity index (χ1n) is 7.95. The third-order valence-electron chi connectivity index (χ3n) is 4.63. The predicted octanol–water partition coefficient (Wildman–Crippen LogP) is -0.804. The van der Waals surface area contributed by atoms with Crippen LogP contribution in [0.3, 0.4) is 0 Å². The quantitative estimate of drug-likeness (QED) is 0.670. The fourth-order valence-corrected chi connectivity index (χ4v) is 4.20. The smallest absolute Gasteiger partial charge is 0.281 e. The van der Waals surface area contributed by atoms with Gasteiger partial charge in [0, 0.05) is 66.2 Å². The Morgan fingerprint density at radius 1 is 0.913 bits per heavy atom. The van der Waals surface area contributed by atoms with Gasteiger partial charge < -0.3 is 9.80 Å². The Bertz CT molecular complexity index is 547. The minimum atomic E-state index is -3.39. The molecule has 0 saturated carbocycles. The lowest BCUT2D eigenvalue weighted by atomic mass is 9.96. The molecule has 0 aliphatic carbocycles. The van der Waals surface area contributed by atoms with E-state index >= 15 is 0 Å². The minimum absolute atomic E-state index is 0.0410. The highest BCUT2D eigenvalue weighted by Crippen LogP contribution is 2.23. The SMILES string of the molecule is CC(=O)N1CCN(C(=O)C2CCN(S(=O)(=O)N(C)C)CC2)CC1. The van der Waals surface area contributed by atoms with Crippen LogP contribution in [0.2, 0.25) is 0 Å². The molecule has 0 atom stereocenters. The summed E-state index contributed by atoms with van der Waals surface area (Å²) in [7, 11) is -0.363. The normalized spacial score (nSPS) is 21.7. The Labute approximate surface area is 138 Å². The van der Waals surface area contributed by atoms with Gasteiger partial charge in [-0.2, -0.15) is 17.0 Å². The summed E-state index contributed by atoms with van der Waals surface area (Å²) >= 11 is 0. The standard InChI is InChI=1S/C14H26N4O4S/c1-12(19)16-8-10-17(11-9-16)14(20)13-4-6-18(7-5-13)23(21,22)15(2)3/h13H,4-11H2,1-3H3. The zero-order valence-electron chi connectivity index (χ0n) is 14.1. The van der Waals surface area contributed by atoms with E-state index in [0.717, 1.165) is 0 Å². The van der Waals surface area contributed by atoms with Crippen molar-refractivity contribution in [3.63, 3.8) is 0 Å².